The Labute approximate surface area is 106 Å². The highest BCUT2D eigenvalue weighted by atomic mass is 32.1. The molecule has 0 aromatic carbocycles. The Hall–Kier alpha value is -0.940. The molecule has 17 heavy (non-hydrogen) atoms. The fraction of sp³-hybridized carbons (Fsp3) is 0.667. The van der Waals surface area contributed by atoms with Crippen LogP contribution in [0.4, 0.5) is 0 Å². The maximum absolute atomic E-state index is 11.9. The molecule has 1 atom stereocenters. The topological polar surface area (TPSA) is 51.2 Å². The Kier molecular flexibility index (Phi) is 4.65. The van der Waals surface area contributed by atoms with Crippen LogP contribution in [0.5, 0.6) is 0 Å². The summed E-state index contributed by atoms with van der Waals surface area (Å²) in [6, 6.07) is -0.0813. The molecule has 1 heterocycles. The minimum atomic E-state index is -0.806. The zero-order valence-corrected chi connectivity index (χ0v) is 11.9. The lowest BCUT2D eigenvalue weighted by molar-refractivity contribution is -0.140. The molecule has 1 rings (SSSR count). The highest BCUT2D eigenvalue weighted by Gasteiger charge is 2.28. The number of aromatic nitrogens is 1. The number of nitrogens with zero attached hydrogens (tertiary/aromatic N) is 1. The van der Waals surface area contributed by atoms with Gasteiger partial charge in [-0.15, -0.1) is 11.3 Å². The van der Waals surface area contributed by atoms with Crippen molar-refractivity contribution >= 4 is 17.2 Å². The van der Waals surface area contributed by atoms with E-state index in [1.807, 2.05) is 13.1 Å². The molecule has 0 spiro atoms. The van der Waals surface area contributed by atoms with E-state index in [9.17, 15) is 4.79 Å². The van der Waals surface area contributed by atoms with Crippen LogP contribution in [-0.2, 0) is 16.0 Å². The fourth-order valence-corrected chi connectivity index (χ4v) is 2.07. The molecule has 0 saturated carbocycles. The van der Waals surface area contributed by atoms with Gasteiger partial charge in [-0.2, -0.15) is 0 Å². The Bertz CT molecular complexity index is 388. The Morgan fingerprint density at radius 2 is 2.29 bits per heavy atom. The molecule has 0 saturated heterocycles. The van der Waals surface area contributed by atoms with Crippen LogP contribution < -0.4 is 5.32 Å². The van der Waals surface area contributed by atoms with E-state index in [4.69, 9.17) is 4.74 Å². The van der Waals surface area contributed by atoms with Crippen LogP contribution in [0.15, 0.2) is 6.20 Å². The van der Waals surface area contributed by atoms with Gasteiger partial charge in [0.25, 0.3) is 5.91 Å². The molecule has 1 N–H and O–H groups in total. The zero-order valence-electron chi connectivity index (χ0n) is 11.0. The second-order valence-electron chi connectivity index (χ2n) is 4.43. The first kappa shape index (κ1) is 14.1. The average molecular weight is 256 g/mol. The van der Waals surface area contributed by atoms with Gasteiger partial charge in [0.2, 0.25) is 0 Å². The summed E-state index contributed by atoms with van der Waals surface area (Å²) in [6.45, 7) is 7.51. The van der Waals surface area contributed by atoms with Crippen molar-refractivity contribution in [3.63, 3.8) is 0 Å². The Morgan fingerprint density at radius 1 is 1.65 bits per heavy atom. The van der Waals surface area contributed by atoms with Crippen LogP contribution in [0.2, 0.25) is 0 Å². The SMILES string of the molecule is CCc1cnc(C(C)NC(=O)C(C)(C)OC)s1. The number of carbonyl (C=O) groups is 1. The number of hydrogen-bond donors (Lipinski definition) is 1. The van der Waals surface area contributed by atoms with Crippen molar-refractivity contribution in [2.45, 2.75) is 45.8 Å². The first-order chi connectivity index (χ1) is 7.90. The van der Waals surface area contributed by atoms with Gasteiger partial charge in [-0.3, -0.25) is 4.79 Å². The standard InChI is InChI=1S/C12H20N2O2S/c1-6-9-7-13-10(17-9)8(2)14-11(15)12(3,4)16-5/h7-8H,6H2,1-5H3,(H,14,15). The van der Waals surface area contributed by atoms with Crippen molar-refractivity contribution < 1.29 is 9.53 Å². The monoisotopic (exact) mass is 256 g/mol. The largest absolute Gasteiger partial charge is 0.369 e. The number of rotatable bonds is 5. The molecule has 0 aliphatic carbocycles. The first-order valence-corrected chi connectivity index (χ1v) is 6.53. The van der Waals surface area contributed by atoms with Gasteiger partial charge in [-0.05, 0) is 27.2 Å². The van der Waals surface area contributed by atoms with E-state index in [1.165, 1.54) is 12.0 Å². The number of methoxy groups -OCH3 is 1. The van der Waals surface area contributed by atoms with Crippen molar-refractivity contribution in [3.8, 4) is 0 Å². The maximum Gasteiger partial charge on any atom is 0.252 e. The van der Waals surface area contributed by atoms with Crippen molar-refractivity contribution in [2.24, 2.45) is 0 Å². The summed E-state index contributed by atoms with van der Waals surface area (Å²) >= 11 is 1.63. The lowest BCUT2D eigenvalue weighted by atomic mass is 10.1. The summed E-state index contributed by atoms with van der Waals surface area (Å²) in [7, 11) is 1.53. The molecule has 1 aromatic heterocycles. The van der Waals surface area contributed by atoms with Crippen molar-refractivity contribution in [2.75, 3.05) is 7.11 Å². The summed E-state index contributed by atoms with van der Waals surface area (Å²) < 4.78 is 5.13. The van der Waals surface area contributed by atoms with Crippen LogP contribution in [0, 0.1) is 0 Å². The van der Waals surface area contributed by atoms with Crippen molar-refractivity contribution in [1.82, 2.24) is 10.3 Å². The molecule has 1 amide bonds. The Balaban J connectivity index is 2.66. The molecule has 0 radical (unpaired) electrons. The number of aryl methyl sites for hydroxylation is 1. The van der Waals surface area contributed by atoms with Gasteiger partial charge in [-0.1, -0.05) is 6.92 Å². The summed E-state index contributed by atoms with van der Waals surface area (Å²) in [5.74, 6) is -0.124. The van der Waals surface area contributed by atoms with Crippen LogP contribution in [0.25, 0.3) is 0 Å². The molecule has 4 nitrogen and oxygen atoms in total. The lowest BCUT2D eigenvalue weighted by Gasteiger charge is -2.23. The highest BCUT2D eigenvalue weighted by molar-refractivity contribution is 7.11. The summed E-state index contributed by atoms with van der Waals surface area (Å²) in [6.07, 6.45) is 2.84. The molecule has 0 aliphatic rings. The summed E-state index contributed by atoms with van der Waals surface area (Å²) in [5, 5.41) is 3.84. The first-order valence-electron chi connectivity index (χ1n) is 5.71. The number of hydrogen-bond acceptors (Lipinski definition) is 4. The van der Waals surface area contributed by atoms with E-state index in [2.05, 4.69) is 17.2 Å². The molecule has 0 aliphatic heterocycles. The van der Waals surface area contributed by atoms with Gasteiger partial charge in [0.05, 0.1) is 6.04 Å². The van der Waals surface area contributed by atoms with Crippen LogP contribution in [-0.4, -0.2) is 23.6 Å². The Morgan fingerprint density at radius 3 is 2.76 bits per heavy atom. The third kappa shape index (κ3) is 3.51. The third-order valence-corrected chi connectivity index (χ3v) is 4.02. The van der Waals surface area contributed by atoms with Gasteiger partial charge < -0.3 is 10.1 Å². The van der Waals surface area contributed by atoms with Crippen LogP contribution in [0.1, 0.15) is 43.6 Å². The molecule has 0 fully saturated rings. The maximum atomic E-state index is 11.9. The summed E-state index contributed by atoms with van der Waals surface area (Å²) in [4.78, 5) is 17.4. The van der Waals surface area contributed by atoms with Gasteiger partial charge in [0.1, 0.15) is 10.6 Å². The van der Waals surface area contributed by atoms with E-state index in [0.29, 0.717) is 0 Å². The molecule has 1 aromatic rings. The smallest absolute Gasteiger partial charge is 0.252 e. The zero-order chi connectivity index (χ0) is 13.1. The number of amides is 1. The molecule has 1 unspecified atom stereocenters. The highest BCUT2D eigenvalue weighted by Crippen LogP contribution is 2.21. The van der Waals surface area contributed by atoms with Gasteiger partial charge in [0, 0.05) is 18.2 Å². The second-order valence-corrected chi connectivity index (χ2v) is 5.57. The number of thiazole rings is 1. The fourth-order valence-electron chi connectivity index (χ4n) is 1.21. The number of carbonyl (C=O) groups excluding carboxylic acids is 1. The van der Waals surface area contributed by atoms with Crippen LogP contribution in [0.3, 0.4) is 0 Å². The summed E-state index contributed by atoms with van der Waals surface area (Å²) in [5.41, 5.74) is -0.806. The molecule has 5 heteroatoms. The van der Waals surface area contributed by atoms with Gasteiger partial charge >= 0.3 is 0 Å². The van der Waals surface area contributed by atoms with E-state index in [-0.39, 0.29) is 11.9 Å². The second kappa shape index (κ2) is 5.60. The third-order valence-electron chi connectivity index (χ3n) is 2.70. The normalized spacial score (nSPS) is 13.5. The van der Waals surface area contributed by atoms with Gasteiger partial charge in [0.15, 0.2) is 0 Å². The lowest BCUT2D eigenvalue weighted by Crippen LogP contribution is -2.44. The molecular weight excluding hydrogens is 236 g/mol. The van der Waals surface area contributed by atoms with E-state index >= 15 is 0 Å². The van der Waals surface area contributed by atoms with Crippen molar-refractivity contribution in [3.05, 3.63) is 16.1 Å². The predicted octanol–water partition coefficient (Wildman–Crippen LogP) is 2.31. The van der Waals surface area contributed by atoms with Gasteiger partial charge in [-0.25, -0.2) is 4.98 Å². The minimum Gasteiger partial charge on any atom is -0.369 e. The average Bonchev–Trinajstić information content (AvgIpc) is 2.77. The number of nitrogens with one attached hydrogen (secondary N) is 1. The van der Waals surface area contributed by atoms with Crippen LogP contribution >= 0.6 is 11.3 Å². The molecule has 96 valence electrons. The van der Waals surface area contributed by atoms with E-state index < -0.39 is 5.60 Å². The minimum absolute atomic E-state index is 0.0813. The molecular formula is C12H20N2O2S. The van der Waals surface area contributed by atoms with Crippen molar-refractivity contribution in [1.29, 1.82) is 0 Å². The van der Waals surface area contributed by atoms with E-state index in [1.54, 1.807) is 25.2 Å². The predicted molar refractivity (Wildman–Crippen MR) is 69.1 cm³/mol. The van der Waals surface area contributed by atoms with E-state index in [0.717, 1.165) is 11.4 Å². The quantitative estimate of drug-likeness (QED) is 0.879. The molecule has 0 bridgehead atoms. The number of ether oxygens (including phenoxy) is 1.